The SMILES string of the molecule is CC/C=C\C/C=C\C/C=C\C/C=C\CCCCCCCCCCCCCCCCCCCCCCC(=O)OC(CO)COC(=O)CCCCCCCCCC/C=C\C/C=C\C/C=C\C/C=C\CC. The van der Waals surface area contributed by atoms with E-state index in [9.17, 15) is 14.7 Å². The molecule has 390 valence electrons. The molecule has 5 nitrogen and oxygen atoms in total. The van der Waals surface area contributed by atoms with Gasteiger partial charge < -0.3 is 14.6 Å². The molecule has 0 aliphatic heterocycles. The summed E-state index contributed by atoms with van der Waals surface area (Å²) in [5.41, 5.74) is 0. The summed E-state index contributed by atoms with van der Waals surface area (Å²) in [6.45, 7) is 3.93. The zero-order valence-corrected chi connectivity index (χ0v) is 44.6. The van der Waals surface area contributed by atoms with Gasteiger partial charge in [0.05, 0.1) is 6.61 Å². The van der Waals surface area contributed by atoms with Gasteiger partial charge in [-0.05, 0) is 89.9 Å². The van der Waals surface area contributed by atoms with E-state index in [2.05, 4.69) is 111 Å². The first kappa shape index (κ1) is 64.8. The fourth-order valence-corrected chi connectivity index (χ4v) is 8.13. The van der Waals surface area contributed by atoms with Gasteiger partial charge in [0.15, 0.2) is 6.10 Å². The van der Waals surface area contributed by atoms with E-state index in [1.54, 1.807) is 0 Å². The maximum absolute atomic E-state index is 12.3. The third kappa shape index (κ3) is 55.4. The molecule has 0 spiro atoms. The van der Waals surface area contributed by atoms with Crippen LogP contribution in [0, 0.1) is 0 Å². The maximum Gasteiger partial charge on any atom is 0.306 e. The van der Waals surface area contributed by atoms with Crippen molar-refractivity contribution < 1.29 is 24.2 Å². The molecule has 68 heavy (non-hydrogen) atoms. The van der Waals surface area contributed by atoms with Gasteiger partial charge in [0.2, 0.25) is 0 Å². The largest absolute Gasteiger partial charge is 0.462 e. The smallest absolute Gasteiger partial charge is 0.306 e. The van der Waals surface area contributed by atoms with E-state index >= 15 is 0 Å². The van der Waals surface area contributed by atoms with Crippen LogP contribution >= 0.6 is 0 Å². The molecule has 1 N–H and O–H groups in total. The summed E-state index contributed by atoms with van der Waals surface area (Å²) >= 11 is 0. The highest BCUT2D eigenvalue weighted by atomic mass is 16.6. The molecule has 0 aromatic heterocycles. The average molecular weight is 946 g/mol. The van der Waals surface area contributed by atoms with Crippen LogP contribution in [-0.4, -0.2) is 36.4 Å². The molecule has 0 aliphatic carbocycles. The molecule has 5 heteroatoms. The number of unbranched alkanes of at least 4 members (excludes halogenated alkanes) is 28. The number of rotatable bonds is 52. The standard InChI is InChI=1S/C63H108O5/c1-3-5-7-9-11-13-15-17-19-21-23-25-26-27-28-29-30-31-32-33-34-35-36-38-40-42-44-46-48-50-52-54-56-58-63(66)68-61(59-64)60-67-62(65)57-55-53-51-49-47-45-43-41-39-37-24-22-20-18-16-14-12-10-8-6-4-2/h5-8,11-14,17-20,23-25,37,61,64H,3-4,9-10,15-16,21-22,26-36,38-60H2,1-2H3/b7-5-,8-6-,13-11-,14-12-,19-17-,20-18-,25-23-,37-24-. The van der Waals surface area contributed by atoms with E-state index in [4.69, 9.17) is 9.47 Å². The van der Waals surface area contributed by atoms with Crippen molar-refractivity contribution in [3.05, 3.63) is 97.2 Å². The first-order valence-electron chi connectivity index (χ1n) is 28.8. The maximum atomic E-state index is 12.3. The minimum atomic E-state index is -0.780. The van der Waals surface area contributed by atoms with Crippen molar-refractivity contribution in [2.75, 3.05) is 13.2 Å². The number of esters is 2. The van der Waals surface area contributed by atoms with E-state index in [0.29, 0.717) is 12.8 Å². The van der Waals surface area contributed by atoms with Gasteiger partial charge in [0.25, 0.3) is 0 Å². The Balaban J connectivity index is 3.47. The molecular weight excluding hydrogens is 837 g/mol. The summed E-state index contributed by atoms with van der Waals surface area (Å²) in [6, 6.07) is 0. The quantitative estimate of drug-likeness (QED) is 0.0374. The molecule has 1 atom stereocenters. The van der Waals surface area contributed by atoms with Crippen LogP contribution in [0.15, 0.2) is 97.2 Å². The fraction of sp³-hybridized carbons (Fsp3) is 0.714. The summed E-state index contributed by atoms with van der Waals surface area (Å²) < 4.78 is 10.7. The Morgan fingerprint density at radius 1 is 0.338 bits per heavy atom. The highest BCUT2D eigenvalue weighted by Gasteiger charge is 2.16. The summed E-state index contributed by atoms with van der Waals surface area (Å²) in [5.74, 6) is -0.594. The van der Waals surface area contributed by atoms with Gasteiger partial charge in [0, 0.05) is 12.8 Å². The van der Waals surface area contributed by atoms with E-state index < -0.39 is 6.10 Å². The third-order valence-corrected chi connectivity index (χ3v) is 12.4. The zero-order valence-electron chi connectivity index (χ0n) is 44.6. The lowest BCUT2D eigenvalue weighted by atomic mass is 10.0. The van der Waals surface area contributed by atoms with Crippen LogP contribution in [-0.2, 0) is 19.1 Å². The lowest BCUT2D eigenvalue weighted by Crippen LogP contribution is -2.28. The van der Waals surface area contributed by atoms with Gasteiger partial charge in [-0.1, -0.05) is 265 Å². The topological polar surface area (TPSA) is 72.8 Å². The van der Waals surface area contributed by atoms with Crippen LogP contribution in [0.25, 0.3) is 0 Å². The van der Waals surface area contributed by atoms with Gasteiger partial charge in [-0.2, -0.15) is 0 Å². The number of ether oxygens (including phenoxy) is 2. The normalized spacial score (nSPS) is 12.9. The Kier molecular flexibility index (Phi) is 55.4. The Morgan fingerprint density at radius 2 is 0.588 bits per heavy atom. The number of carbonyl (C=O) groups excluding carboxylic acids is 2. The van der Waals surface area contributed by atoms with Gasteiger partial charge >= 0.3 is 11.9 Å². The number of aliphatic hydroxyl groups is 1. The highest BCUT2D eigenvalue weighted by molar-refractivity contribution is 5.70. The molecule has 0 radical (unpaired) electrons. The predicted octanol–water partition coefficient (Wildman–Crippen LogP) is 19.5. The molecule has 1 unspecified atom stereocenters. The molecule has 0 aromatic carbocycles. The van der Waals surface area contributed by atoms with Crippen LogP contribution in [0.4, 0.5) is 0 Å². The summed E-state index contributed by atoms with van der Waals surface area (Å²) in [4.78, 5) is 24.5. The first-order valence-corrected chi connectivity index (χ1v) is 28.8. The Morgan fingerprint density at radius 3 is 0.882 bits per heavy atom. The van der Waals surface area contributed by atoms with Crippen LogP contribution in [0.5, 0.6) is 0 Å². The average Bonchev–Trinajstić information content (AvgIpc) is 3.34. The van der Waals surface area contributed by atoms with E-state index in [-0.39, 0.29) is 25.2 Å². The van der Waals surface area contributed by atoms with Gasteiger partial charge in [-0.25, -0.2) is 0 Å². The van der Waals surface area contributed by atoms with E-state index in [1.807, 2.05) is 0 Å². The molecule has 0 bridgehead atoms. The number of allylic oxidation sites excluding steroid dienone is 16. The van der Waals surface area contributed by atoms with Gasteiger partial charge in [-0.15, -0.1) is 0 Å². The minimum Gasteiger partial charge on any atom is -0.462 e. The van der Waals surface area contributed by atoms with Crippen molar-refractivity contribution in [1.29, 1.82) is 0 Å². The number of carbonyl (C=O) groups is 2. The second kappa shape index (κ2) is 58.1. The van der Waals surface area contributed by atoms with Crippen molar-refractivity contribution in [1.82, 2.24) is 0 Å². The number of hydrogen-bond acceptors (Lipinski definition) is 5. The molecule has 0 aliphatic rings. The Bertz CT molecular complexity index is 1300. The Hall–Kier alpha value is -3.18. The fourth-order valence-electron chi connectivity index (χ4n) is 8.13. The molecule has 0 amide bonds. The summed E-state index contributed by atoms with van der Waals surface area (Å²) in [6.07, 6.45) is 82.4. The summed E-state index contributed by atoms with van der Waals surface area (Å²) in [5, 5.41) is 9.66. The second-order valence-corrected chi connectivity index (χ2v) is 19.0. The third-order valence-electron chi connectivity index (χ3n) is 12.4. The zero-order chi connectivity index (χ0) is 49.2. The molecule has 0 saturated heterocycles. The Labute approximate surface area is 421 Å². The van der Waals surface area contributed by atoms with Crippen LogP contribution in [0.2, 0.25) is 0 Å². The van der Waals surface area contributed by atoms with Crippen molar-refractivity contribution in [3.63, 3.8) is 0 Å². The molecular formula is C63H108O5. The lowest BCUT2D eigenvalue weighted by molar-refractivity contribution is -0.161. The van der Waals surface area contributed by atoms with Crippen LogP contribution in [0.3, 0.4) is 0 Å². The van der Waals surface area contributed by atoms with Gasteiger partial charge in [0.1, 0.15) is 6.61 Å². The molecule has 0 rings (SSSR count). The monoisotopic (exact) mass is 945 g/mol. The predicted molar refractivity (Wildman–Crippen MR) is 297 cm³/mol. The van der Waals surface area contributed by atoms with Crippen molar-refractivity contribution >= 4 is 11.9 Å². The van der Waals surface area contributed by atoms with Gasteiger partial charge in [-0.3, -0.25) is 9.59 Å². The van der Waals surface area contributed by atoms with Crippen molar-refractivity contribution in [3.8, 4) is 0 Å². The number of aliphatic hydroxyl groups excluding tert-OH is 1. The van der Waals surface area contributed by atoms with Crippen molar-refractivity contribution in [2.24, 2.45) is 0 Å². The minimum absolute atomic E-state index is 0.0718. The van der Waals surface area contributed by atoms with E-state index in [0.717, 1.165) is 96.3 Å². The molecule has 0 saturated carbocycles. The van der Waals surface area contributed by atoms with Crippen LogP contribution < -0.4 is 0 Å². The van der Waals surface area contributed by atoms with Crippen LogP contribution in [0.1, 0.15) is 271 Å². The van der Waals surface area contributed by atoms with E-state index in [1.165, 1.54) is 148 Å². The number of hydrogen-bond donors (Lipinski definition) is 1. The first-order chi connectivity index (χ1) is 33.6. The molecule has 0 aromatic rings. The second-order valence-electron chi connectivity index (χ2n) is 19.0. The summed E-state index contributed by atoms with van der Waals surface area (Å²) in [7, 11) is 0. The molecule has 0 fully saturated rings. The highest BCUT2D eigenvalue weighted by Crippen LogP contribution is 2.16. The van der Waals surface area contributed by atoms with Crippen molar-refractivity contribution in [2.45, 2.75) is 277 Å². The molecule has 0 heterocycles. The lowest BCUT2D eigenvalue weighted by Gasteiger charge is -2.15.